The fourth-order valence-corrected chi connectivity index (χ4v) is 2.71. The Labute approximate surface area is 113 Å². The second kappa shape index (κ2) is 6.17. The Morgan fingerprint density at radius 2 is 2.05 bits per heavy atom. The fraction of sp³-hybridized carbons (Fsp3) is 0.533. The maximum absolute atomic E-state index is 10.9. The number of piperidine rings is 1. The Kier molecular flexibility index (Phi) is 4.56. The fourth-order valence-electron chi connectivity index (χ4n) is 2.71. The Morgan fingerprint density at radius 3 is 2.68 bits per heavy atom. The molecule has 1 aromatic carbocycles. The Hall–Kier alpha value is -1.39. The summed E-state index contributed by atoms with van der Waals surface area (Å²) in [5.41, 5.74) is 2.35. The third-order valence-electron chi connectivity index (χ3n) is 3.76. The van der Waals surface area contributed by atoms with Crippen LogP contribution in [0.1, 0.15) is 24.0 Å². The van der Waals surface area contributed by atoms with Crippen LogP contribution < -0.4 is 0 Å². The molecule has 0 radical (unpaired) electrons. The van der Waals surface area contributed by atoms with Crippen LogP contribution in [-0.4, -0.2) is 46.3 Å². The summed E-state index contributed by atoms with van der Waals surface area (Å²) in [7, 11) is 0. The van der Waals surface area contributed by atoms with Crippen molar-refractivity contribution in [3.05, 3.63) is 35.4 Å². The summed E-state index contributed by atoms with van der Waals surface area (Å²) in [5, 5.41) is 19.1. The molecule has 0 saturated carbocycles. The number of hydrogen-bond donors (Lipinski definition) is 2. The molecule has 1 aromatic rings. The molecule has 0 bridgehead atoms. The summed E-state index contributed by atoms with van der Waals surface area (Å²) in [6, 6.07) is 8.11. The molecule has 4 heteroatoms. The van der Waals surface area contributed by atoms with Crippen molar-refractivity contribution in [2.45, 2.75) is 38.3 Å². The Morgan fingerprint density at radius 1 is 1.37 bits per heavy atom. The molecule has 1 aliphatic heterocycles. The molecule has 2 atom stereocenters. The highest BCUT2D eigenvalue weighted by molar-refractivity contribution is 5.69. The van der Waals surface area contributed by atoms with E-state index in [1.807, 2.05) is 24.0 Å². The summed E-state index contributed by atoms with van der Waals surface area (Å²) in [5.74, 6) is -0.831. The first kappa shape index (κ1) is 14.0. The number of rotatable bonds is 4. The van der Waals surface area contributed by atoms with Gasteiger partial charge in [-0.3, -0.25) is 9.69 Å². The SMILES string of the molecule is Cc1ccc(C[C@H]2[C@@H](O)CCCN2CC(=O)O)cc1. The zero-order valence-corrected chi connectivity index (χ0v) is 11.2. The zero-order chi connectivity index (χ0) is 13.8. The first-order valence-corrected chi connectivity index (χ1v) is 6.75. The normalized spacial score (nSPS) is 24.3. The highest BCUT2D eigenvalue weighted by Crippen LogP contribution is 2.21. The monoisotopic (exact) mass is 263 g/mol. The quantitative estimate of drug-likeness (QED) is 0.863. The number of aliphatic hydroxyl groups is 1. The van der Waals surface area contributed by atoms with Crippen molar-refractivity contribution < 1.29 is 15.0 Å². The number of aryl methyl sites for hydroxylation is 1. The van der Waals surface area contributed by atoms with E-state index in [4.69, 9.17) is 5.11 Å². The van der Waals surface area contributed by atoms with Crippen molar-refractivity contribution in [3.8, 4) is 0 Å². The van der Waals surface area contributed by atoms with Crippen LogP contribution >= 0.6 is 0 Å². The molecule has 0 aliphatic carbocycles. The van der Waals surface area contributed by atoms with Gasteiger partial charge in [0.25, 0.3) is 0 Å². The van der Waals surface area contributed by atoms with Gasteiger partial charge >= 0.3 is 5.97 Å². The lowest BCUT2D eigenvalue weighted by atomic mass is 9.92. The maximum atomic E-state index is 10.9. The highest BCUT2D eigenvalue weighted by atomic mass is 16.4. The second-order valence-corrected chi connectivity index (χ2v) is 5.33. The molecule has 19 heavy (non-hydrogen) atoms. The van der Waals surface area contributed by atoms with Crippen LogP contribution in [0.15, 0.2) is 24.3 Å². The molecule has 1 heterocycles. The maximum Gasteiger partial charge on any atom is 0.317 e. The predicted molar refractivity (Wildman–Crippen MR) is 73.1 cm³/mol. The molecule has 1 saturated heterocycles. The average Bonchev–Trinajstić information content (AvgIpc) is 2.35. The van der Waals surface area contributed by atoms with Gasteiger partial charge in [-0.05, 0) is 38.3 Å². The third-order valence-corrected chi connectivity index (χ3v) is 3.76. The second-order valence-electron chi connectivity index (χ2n) is 5.33. The van der Waals surface area contributed by atoms with Crippen LogP contribution in [0.2, 0.25) is 0 Å². The molecule has 0 spiro atoms. The summed E-state index contributed by atoms with van der Waals surface area (Å²) >= 11 is 0. The average molecular weight is 263 g/mol. The topological polar surface area (TPSA) is 60.8 Å². The number of likely N-dealkylation sites (tertiary alicyclic amines) is 1. The number of nitrogens with zero attached hydrogens (tertiary/aromatic N) is 1. The summed E-state index contributed by atoms with van der Waals surface area (Å²) in [6.45, 7) is 2.80. The van der Waals surface area contributed by atoms with E-state index in [1.54, 1.807) is 0 Å². The molecule has 2 rings (SSSR count). The molecular weight excluding hydrogens is 242 g/mol. The van der Waals surface area contributed by atoms with Crippen molar-refractivity contribution in [1.82, 2.24) is 4.90 Å². The number of hydrogen-bond acceptors (Lipinski definition) is 3. The molecule has 1 fully saturated rings. The van der Waals surface area contributed by atoms with E-state index in [-0.39, 0.29) is 12.6 Å². The van der Waals surface area contributed by atoms with Gasteiger partial charge in [-0.1, -0.05) is 29.8 Å². The Bertz CT molecular complexity index is 430. The van der Waals surface area contributed by atoms with E-state index in [2.05, 4.69) is 12.1 Å². The van der Waals surface area contributed by atoms with E-state index in [1.165, 1.54) is 5.56 Å². The number of carbonyl (C=O) groups is 1. The van der Waals surface area contributed by atoms with Crippen LogP contribution in [0, 0.1) is 6.92 Å². The van der Waals surface area contributed by atoms with E-state index >= 15 is 0 Å². The van der Waals surface area contributed by atoms with Gasteiger partial charge in [-0.25, -0.2) is 0 Å². The van der Waals surface area contributed by atoms with Crippen LogP contribution in [0.5, 0.6) is 0 Å². The number of carboxylic acids is 1. The van der Waals surface area contributed by atoms with Crippen LogP contribution in [0.3, 0.4) is 0 Å². The lowest BCUT2D eigenvalue weighted by Gasteiger charge is -2.38. The number of carboxylic acid groups (broad SMARTS) is 1. The molecular formula is C15H21NO3. The third kappa shape index (κ3) is 3.78. The summed E-state index contributed by atoms with van der Waals surface area (Å²) in [6.07, 6.45) is 1.88. The van der Waals surface area contributed by atoms with Gasteiger partial charge < -0.3 is 10.2 Å². The first-order valence-electron chi connectivity index (χ1n) is 6.75. The summed E-state index contributed by atoms with van der Waals surface area (Å²) in [4.78, 5) is 12.8. The predicted octanol–water partition coefficient (Wildman–Crippen LogP) is 1.45. The van der Waals surface area contributed by atoms with Gasteiger partial charge in [0.05, 0.1) is 12.6 Å². The lowest BCUT2D eigenvalue weighted by Crippen LogP contribution is -2.51. The molecule has 2 N–H and O–H groups in total. The van der Waals surface area contributed by atoms with Gasteiger partial charge in [0.2, 0.25) is 0 Å². The van der Waals surface area contributed by atoms with Gasteiger partial charge in [0.1, 0.15) is 0 Å². The van der Waals surface area contributed by atoms with Gasteiger partial charge in [0.15, 0.2) is 0 Å². The van der Waals surface area contributed by atoms with Crippen molar-refractivity contribution in [1.29, 1.82) is 0 Å². The first-order chi connectivity index (χ1) is 9.06. The standard InChI is InChI=1S/C15H21NO3/c1-11-4-6-12(7-5-11)9-13-14(17)3-2-8-16(13)10-15(18)19/h4-7,13-14,17H,2-3,8-10H2,1H3,(H,18,19)/t13-,14-/m0/s1. The molecule has 0 unspecified atom stereocenters. The highest BCUT2D eigenvalue weighted by Gasteiger charge is 2.31. The van der Waals surface area contributed by atoms with Crippen molar-refractivity contribution >= 4 is 5.97 Å². The van der Waals surface area contributed by atoms with Crippen molar-refractivity contribution in [3.63, 3.8) is 0 Å². The smallest absolute Gasteiger partial charge is 0.317 e. The minimum absolute atomic E-state index is 0.00753. The lowest BCUT2D eigenvalue weighted by molar-refractivity contribution is -0.140. The van der Waals surface area contributed by atoms with E-state index in [9.17, 15) is 9.90 Å². The molecule has 0 aromatic heterocycles. The van der Waals surface area contributed by atoms with E-state index in [0.717, 1.165) is 24.9 Å². The molecule has 0 amide bonds. The number of benzene rings is 1. The van der Waals surface area contributed by atoms with Crippen LogP contribution in [0.4, 0.5) is 0 Å². The number of aliphatic hydroxyl groups excluding tert-OH is 1. The zero-order valence-electron chi connectivity index (χ0n) is 11.2. The minimum atomic E-state index is -0.831. The van der Waals surface area contributed by atoms with Gasteiger partial charge in [0, 0.05) is 6.04 Å². The largest absolute Gasteiger partial charge is 0.480 e. The van der Waals surface area contributed by atoms with Crippen LogP contribution in [0.25, 0.3) is 0 Å². The number of aliphatic carboxylic acids is 1. The molecule has 4 nitrogen and oxygen atoms in total. The van der Waals surface area contributed by atoms with Crippen molar-refractivity contribution in [2.24, 2.45) is 0 Å². The van der Waals surface area contributed by atoms with Crippen LogP contribution in [-0.2, 0) is 11.2 Å². The van der Waals surface area contributed by atoms with Gasteiger partial charge in [-0.15, -0.1) is 0 Å². The molecule has 104 valence electrons. The van der Waals surface area contributed by atoms with E-state index in [0.29, 0.717) is 6.42 Å². The Balaban J connectivity index is 2.08. The summed E-state index contributed by atoms with van der Waals surface area (Å²) < 4.78 is 0. The van der Waals surface area contributed by atoms with Gasteiger partial charge in [-0.2, -0.15) is 0 Å². The van der Waals surface area contributed by atoms with Crippen molar-refractivity contribution in [2.75, 3.05) is 13.1 Å². The van der Waals surface area contributed by atoms with E-state index < -0.39 is 12.1 Å². The minimum Gasteiger partial charge on any atom is -0.480 e. The molecule has 1 aliphatic rings.